The van der Waals surface area contributed by atoms with Crippen LogP contribution in [0.5, 0.6) is 5.75 Å². The Morgan fingerprint density at radius 3 is 2.71 bits per heavy atom. The van der Waals surface area contributed by atoms with Crippen molar-refractivity contribution in [1.29, 1.82) is 5.26 Å². The van der Waals surface area contributed by atoms with E-state index in [0.717, 1.165) is 6.07 Å². The van der Waals surface area contributed by atoms with Crippen molar-refractivity contribution < 1.29 is 17.5 Å². The van der Waals surface area contributed by atoms with Crippen LogP contribution in [0.1, 0.15) is 6.92 Å². The Kier molecular flexibility index (Phi) is 3.91. The average Bonchev–Trinajstić information content (AvgIpc) is 2.30. The second-order valence-corrected chi connectivity index (χ2v) is 5.27. The number of rotatable bonds is 4. The molecule has 17 heavy (non-hydrogen) atoms. The first kappa shape index (κ1) is 13.3. The number of nitriles is 1. The van der Waals surface area contributed by atoms with Crippen molar-refractivity contribution in [2.24, 2.45) is 0 Å². The third-order valence-electron chi connectivity index (χ3n) is 2.06. The van der Waals surface area contributed by atoms with Crippen molar-refractivity contribution in [3.63, 3.8) is 0 Å². The van der Waals surface area contributed by atoms with Crippen LogP contribution >= 0.6 is 0 Å². The predicted octanol–water partition coefficient (Wildman–Crippen LogP) is 1.49. The Bertz CT molecular complexity index is 551. The quantitative estimate of drug-likeness (QED) is 0.887. The summed E-state index contributed by atoms with van der Waals surface area (Å²) in [6.07, 6.45) is 0. The third-order valence-corrected chi connectivity index (χ3v) is 3.62. The van der Waals surface area contributed by atoms with Crippen molar-refractivity contribution in [2.75, 3.05) is 11.8 Å². The van der Waals surface area contributed by atoms with Crippen LogP contribution in [0.2, 0.25) is 0 Å². The monoisotopic (exact) mass is 258 g/mol. The summed E-state index contributed by atoms with van der Waals surface area (Å²) in [5.74, 6) is -0.668. The Morgan fingerprint density at radius 1 is 1.53 bits per heavy atom. The highest BCUT2D eigenvalue weighted by molar-refractivity contribution is 7.93. The highest BCUT2D eigenvalue weighted by atomic mass is 32.2. The van der Waals surface area contributed by atoms with E-state index in [0.29, 0.717) is 0 Å². The smallest absolute Gasteiger partial charge is 0.248 e. The molecule has 7 heteroatoms. The number of nitrogens with zero attached hydrogens (tertiary/aromatic N) is 1. The lowest BCUT2D eigenvalue weighted by Crippen LogP contribution is -2.23. The zero-order chi connectivity index (χ0) is 13.1. The Morgan fingerprint density at radius 2 is 2.18 bits per heavy atom. The molecular formula is C10H11FN2O3S. The fraction of sp³-hybridized carbons (Fsp3) is 0.300. The van der Waals surface area contributed by atoms with Crippen molar-refractivity contribution >= 4 is 15.7 Å². The molecular weight excluding hydrogens is 247 g/mol. The Hall–Kier alpha value is -1.81. The maximum Gasteiger partial charge on any atom is 0.248 e. The van der Waals surface area contributed by atoms with Crippen LogP contribution in [0.15, 0.2) is 18.2 Å². The van der Waals surface area contributed by atoms with E-state index in [4.69, 9.17) is 10.00 Å². The zero-order valence-electron chi connectivity index (χ0n) is 9.27. The van der Waals surface area contributed by atoms with Crippen molar-refractivity contribution in [3.8, 4) is 11.8 Å². The topological polar surface area (TPSA) is 79.2 Å². The Labute approximate surface area is 98.9 Å². The van der Waals surface area contributed by atoms with E-state index in [1.165, 1.54) is 26.2 Å². The molecule has 0 saturated carbocycles. The number of methoxy groups -OCH3 is 1. The molecule has 1 rings (SSSR count). The maximum atomic E-state index is 13.1. The highest BCUT2D eigenvalue weighted by Crippen LogP contribution is 2.22. The van der Waals surface area contributed by atoms with E-state index in [1.54, 1.807) is 6.07 Å². The second kappa shape index (κ2) is 5.01. The molecule has 0 fully saturated rings. The van der Waals surface area contributed by atoms with Crippen LogP contribution in [0.25, 0.3) is 0 Å². The number of sulfonamides is 1. The predicted molar refractivity (Wildman–Crippen MR) is 60.6 cm³/mol. The number of halogens is 1. The highest BCUT2D eigenvalue weighted by Gasteiger charge is 2.20. The van der Waals surface area contributed by atoms with E-state index in [-0.39, 0.29) is 11.4 Å². The van der Waals surface area contributed by atoms with E-state index in [9.17, 15) is 12.8 Å². The maximum absolute atomic E-state index is 13.1. The van der Waals surface area contributed by atoms with Gasteiger partial charge in [0.05, 0.1) is 18.9 Å². The van der Waals surface area contributed by atoms with Crippen LogP contribution in [0.4, 0.5) is 10.1 Å². The van der Waals surface area contributed by atoms with Gasteiger partial charge in [0.1, 0.15) is 0 Å². The molecule has 1 aromatic rings. The minimum atomic E-state index is -3.79. The minimum Gasteiger partial charge on any atom is -0.494 e. The zero-order valence-corrected chi connectivity index (χ0v) is 10.1. The standard InChI is InChI=1S/C10H11FN2O3S/c1-7(6-12)17(14,15)13-8-3-4-9(11)10(5-8)16-2/h3-5,7,13H,1-2H3. The first-order chi connectivity index (χ1) is 7.90. The summed E-state index contributed by atoms with van der Waals surface area (Å²) in [7, 11) is -2.52. The van der Waals surface area contributed by atoms with E-state index < -0.39 is 21.1 Å². The molecule has 0 aromatic heterocycles. The Balaban J connectivity index is 3.02. The van der Waals surface area contributed by atoms with Crippen LogP contribution in [0, 0.1) is 17.1 Å². The molecule has 1 aromatic carbocycles. The summed E-state index contributed by atoms with van der Waals surface area (Å²) in [6.45, 7) is 1.25. The number of ether oxygens (including phenoxy) is 1. The molecule has 1 unspecified atom stereocenters. The van der Waals surface area contributed by atoms with Gasteiger partial charge < -0.3 is 4.74 Å². The van der Waals surface area contributed by atoms with Crippen molar-refractivity contribution in [2.45, 2.75) is 12.2 Å². The van der Waals surface area contributed by atoms with Gasteiger partial charge in [-0.15, -0.1) is 0 Å². The van der Waals surface area contributed by atoms with Gasteiger partial charge in [-0.3, -0.25) is 4.72 Å². The lowest BCUT2D eigenvalue weighted by molar-refractivity contribution is 0.387. The summed E-state index contributed by atoms with van der Waals surface area (Å²) < 4.78 is 43.1. The normalized spacial score (nSPS) is 12.6. The summed E-state index contributed by atoms with van der Waals surface area (Å²) in [5, 5.41) is 7.34. The molecule has 92 valence electrons. The van der Waals surface area contributed by atoms with Gasteiger partial charge in [0.25, 0.3) is 0 Å². The van der Waals surface area contributed by atoms with Gasteiger partial charge in [0.2, 0.25) is 10.0 Å². The molecule has 0 radical (unpaired) electrons. The summed E-state index contributed by atoms with van der Waals surface area (Å²) >= 11 is 0. The number of hydrogen-bond donors (Lipinski definition) is 1. The number of hydrogen-bond acceptors (Lipinski definition) is 4. The molecule has 5 nitrogen and oxygen atoms in total. The van der Waals surface area contributed by atoms with Crippen molar-refractivity contribution in [1.82, 2.24) is 0 Å². The SMILES string of the molecule is COc1cc(NS(=O)(=O)C(C)C#N)ccc1F. The average molecular weight is 258 g/mol. The number of benzene rings is 1. The molecule has 0 aliphatic rings. The van der Waals surface area contributed by atoms with Gasteiger partial charge in [-0.25, -0.2) is 12.8 Å². The lowest BCUT2D eigenvalue weighted by Gasteiger charge is -2.10. The number of nitrogens with one attached hydrogen (secondary N) is 1. The van der Waals surface area contributed by atoms with Crippen LogP contribution in [0.3, 0.4) is 0 Å². The molecule has 0 amide bonds. The summed E-state index contributed by atoms with van der Waals surface area (Å²) in [5.41, 5.74) is 0.144. The van der Waals surface area contributed by atoms with Gasteiger partial charge >= 0.3 is 0 Å². The molecule has 1 atom stereocenters. The van der Waals surface area contributed by atoms with Gasteiger partial charge in [-0.1, -0.05) is 0 Å². The van der Waals surface area contributed by atoms with Crippen molar-refractivity contribution in [3.05, 3.63) is 24.0 Å². The minimum absolute atomic E-state index is 0.0742. The number of anilines is 1. The molecule has 0 saturated heterocycles. The fourth-order valence-corrected chi connectivity index (χ4v) is 1.82. The first-order valence-corrected chi connectivity index (χ1v) is 6.20. The molecule has 0 heterocycles. The van der Waals surface area contributed by atoms with E-state index in [2.05, 4.69) is 4.72 Å². The van der Waals surface area contributed by atoms with Gasteiger partial charge in [0.15, 0.2) is 16.8 Å². The van der Waals surface area contributed by atoms with Gasteiger partial charge in [-0.2, -0.15) is 5.26 Å². The molecule has 0 aliphatic heterocycles. The summed E-state index contributed by atoms with van der Waals surface area (Å²) in [4.78, 5) is 0. The van der Waals surface area contributed by atoms with Crippen LogP contribution < -0.4 is 9.46 Å². The second-order valence-electron chi connectivity index (χ2n) is 3.27. The third kappa shape index (κ3) is 3.07. The first-order valence-electron chi connectivity index (χ1n) is 4.65. The fourth-order valence-electron chi connectivity index (χ4n) is 1.05. The van der Waals surface area contributed by atoms with E-state index in [1.807, 2.05) is 0 Å². The van der Waals surface area contributed by atoms with Crippen LogP contribution in [-0.2, 0) is 10.0 Å². The van der Waals surface area contributed by atoms with Gasteiger partial charge in [0, 0.05) is 6.07 Å². The van der Waals surface area contributed by atoms with Crippen LogP contribution in [-0.4, -0.2) is 20.8 Å². The van der Waals surface area contributed by atoms with E-state index >= 15 is 0 Å². The van der Waals surface area contributed by atoms with Gasteiger partial charge in [-0.05, 0) is 19.1 Å². The molecule has 0 spiro atoms. The largest absolute Gasteiger partial charge is 0.494 e. The molecule has 1 N–H and O–H groups in total. The molecule has 0 aliphatic carbocycles. The lowest BCUT2D eigenvalue weighted by atomic mass is 10.3. The summed E-state index contributed by atoms with van der Waals surface area (Å²) in [6, 6.07) is 5.14. The molecule has 0 bridgehead atoms.